The zero-order valence-electron chi connectivity index (χ0n) is 15.2. The molecule has 1 saturated heterocycles. The third kappa shape index (κ3) is 2.77. The first kappa shape index (κ1) is 17.4. The lowest BCUT2D eigenvalue weighted by Crippen LogP contribution is -2.42. The molecule has 0 amide bonds. The van der Waals surface area contributed by atoms with Crippen molar-refractivity contribution in [2.45, 2.75) is 44.8 Å². The number of piperidine rings is 1. The Morgan fingerprint density at radius 2 is 2.12 bits per heavy atom. The van der Waals surface area contributed by atoms with E-state index in [2.05, 4.69) is 15.0 Å². The van der Waals surface area contributed by atoms with E-state index in [1.54, 1.807) is 24.3 Å². The summed E-state index contributed by atoms with van der Waals surface area (Å²) in [5.41, 5.74) is 2.54. The van der Waals surface area contributed by atoms with E-state index in [1.165, 1.54) is 0 Å². The number of aromatic nitrogens is 4. The Balaban J connectivity index is 1.84. The molecule has 7 nitrogen and oxygen atoms in total. The average molecular weight is 373 g/mol. The number of nitrogens with one attached hydrogen (secondary N) is 1. The van der Waals surface area contributed by atoms with Crippen LogP contribution < -0.4 is 0 Å². The third-order valence-corrected chi connectivity index (χ3v) is 7.36. The third-order valence-electron chi connectivity index (χ3n) is 5.11. The Morgan fingerprint density at radius 1 is 1.31 bits per heavy atom. The molecule has 4 rings (SSSR count). The fraction of sp³-hybridized carbons (Fsp3) is 0.500. The molecule has 1 atom stereocenters. The number of fused-ring (bicyclic) bond motifs is 3. The summed E-state index contributed by atoms with van der Waals surface area (Å²) in [5.74, 6) is 0.745. The van der Waals surface area contributed by atoms with Crippen LogP contribution in [0.25, 0.3) is 21.9 Å². The van der Waals surface area contributed by atoms with Crippen molar-refractivity contribution in [1.82, 2.24) is 24.2 Å². The second kappa shape index (κ2) is 6.28. The fourth-order valence-electron chi connectivity index (χ4n) is 3.77. The number of pyridine rings is 1. The zero-order chi connectivity index (χ0) is 18.5. The molecule has 1 N–H and O–H groups in total. The van der Waals surface area contributed by atoms with Crippen molar-refractivity contribution in [2.24, 2.45) is 0 Å². The van der Waals surface area contributed by atoms with Crippen molar-refractivity contribution < 1.29 is 8.42 Å². The molecule has 1 fully saturated rings. The van der Waals surface area contributed by atoms with Gasteiger partial charge in [-0.1, -0.05) is 0 Å². The Kier molecular flexibility index (Phi) is 4.19. The average Bonchev–Trinajstić information content (AvgIpc) is 3.09. The molecule has 0 spiro atoms. The highest BCUT2D eigenvalue weighted by Crippen LogP contribution is 2.34. The molecular formula is C18H23N5O2S. The Bertz CT molecular complexity index is 1070. The molecule has 8 heteroatoms. The summed E-state index contributed by atoms with van der Waals surface area (Å²) in [7, 11) is -3.26. The first-order chi connectivity index (χ1) is 12.4. The van der Waals surface area contributed by atoms with Gasteiger partial charge >= 0.3 is 0 Å². The van der Waals surface area contributed by atoms with Crippen LogP contribution in [-0.2, 0) is 10.0 Å². The van der Waals surface area contributed by atoms with E-state index in [-0.39, 0.29) is 5.92 Å². The van der Waals surface area contributed by atoms with Gasteiger partial charge in [-0.3, -0.25) is 0 Å². The summed E-state index contributed by atoms with van der Waals surface area (Å²) in [6, 6.07) is 1.98. The molecule has 4 heterocycles. The quantitative estimate of drug-likeness (QED) is 0.762. The summed E-state index contributed by atoms with van der Waals surface area (Å²) >= 11 is 0. The Morgan fingerprint density at radius 3 is 2.88 bits per heavy atom. The monoisotopic (exact) mass is 373 g/mol. The number of H-pyrrole nitrogens is 1. The molecule has 0 aromatic carbocycles. The summed E-state index contributed by atoms with van der Waals surface area (Å²) in [5, 5.41) is 1.56. The highest BCUT2D eigenvalue weighted by Gasteiger charge is 2.33. The minimum atomic E-state index is -3.26. The van der Waals surface area contributed by atoms with E-state index in [9.17, 15) is 8.42 Å². The first-order valence-corrected chi connectivity index (χ1v) is 10.5. The normalized spacial score (nSPS) is 19.6. The molecule has 1 aliphatic rings. The first-order valence-electron chi connectivity index (χ1n) is 8.97. The van der Waals surface area contributed by atoms with Gasteiger partial charge in [-0.2, -0.15) is 0 Å². The van der Waals surface area contributed by atoms with Crippen LogP contribution in [0.3, 0.4) is 0 Å². The lowest BCUT2D eigenvalue weighted by molar-refractivity contribution is 0.311. The SMILES string of the molecule is Cc1nc(C2CCCN(S(=O)(=O)C(C)C)C2)c2c(cnc3[nH]ccc32)n1. The topological polar surface area (TPSA) is 91.8 Å². The minimum Gasteiger partial charge on any atom is -0.346 e. The maximum atomic E-state index is 12.6. The largest absolute Gasteiger partial charge is 0.346 e. The number of aryl methyl sites for hydroxylation is 1. The van der Waals surface area contributed by atoms with Crippen LogP contribution in [0.4, 0.5) is 0 Å². The molecule has 0 saturated carbocycles. The van der Waals surface area contributed by atoms with E-state index >= 15 is 0 Å². The van der Waals surface area contributed by atoms with Crippen LogP contribution in [0.5, 0.6) is 0 Å². The van der Waals surface area contributed by atoms with Crippen LogP contribution in [0.15, 0.2) is 18.5 Å². The number of rotatable bonds is 3. The molecule has 138 valence electrons. The molecule has 1 aliphatic heterocycles. The molecule has 26 heavy (non-hydrogen) atoms. The molecular weight excluding hydrogens is 350 g/mol. The molecule has 0 radical (unpaired) electrons. The minimum absolute atomic E-state index is 0.0574. The van der Waals surface area contributed by atoms with Gasteiger partial charge in [0.05, 0.1) is 22.7 Å². The molecule has 0 bridgehead atoms. The fourth-order valence-corrected chi connectivity index (χ4v) is 5.14. The summed E-state index contributed by atoms with van der Waals surface area (Å²) in [6.45, 7) is 6.40. The second-order valence-electron chi connectivity index (χ2n) is 7.21. The smallest absolute Gasteiger partial charge is 0.216 e. The maximum absolute atomic E-state index is 12.6. The van der Waals surface area contributed by atoms with Crippen LogP contribution in [0, 0.1) is 6.92 Å². The van der Waals surface area contributed by atoms with Gasteiger partial charge in [0, 0.05) is 36.0 Å². The van der Waals surface area contributed by atoms with E-state index < -0.39 is 15.3 Å². The van der Waals surface area contributed by atoms with E-state index in [1.807, 2.05) is 19.2 Å². The maximum Gasteiger partial charge on any atom is 0.216 e. The zero-order valence-corrected chi connectivity index (χ0v) is 16.0. The van der Waals surface area contributed by atoms with Gasteiger partial charge in [0.1, 0.15) is 11.5 Å². The highest BCUT2D eigenvalue weighted by molar-refractivity contribution is 7.89. The van der Waals surface area contributed by atoms with Crippen molar-refractivity contribution in [3.63, 3.8) is 0 Å². The van der Waals surface area contributed by atoms with Gasteiger partial charge in [0.25, 0.3) is 0 Å². The number of hydrogen-bond donors (Lipinski definition) is 1. The lowest BCUT2D eigenvalue weighted by Gasteiger charge is -2.33. The number of aromatic amines is 1. The van der Waals surface area contributed by atoms with Gasteiger partial charge in [0.2, 0.25) is 10.0 Å². The van der Waals surface area contributed by atoms with Crippen LogP contribution in [0.2, 0.25) is 0 Å². The number of nitrogens with zero attached hydrogens (tertiary/aromatic N) is 4. The van der Waals surface area contributed by atoms with Gasteiger partial charge < -0.3 is 4.98 Å². The summed E-state index contributed by atoms with van der Waals surface area (Å²) < 4.78 is 26.9. The van der Waals surface area contributed by atoms with Crippen molar-refractivity contribution in [2.75, 3.05) is 13.1 Å². The standard InChI is InChI=1S/C18H23N5O2S/c1-11(2)26(24,25)23-8-4-5-13(10-23)17-16-14-6-7-19-18(14)20-9-15(16)21-12(3)22-17/h6-7,9,11,13H,4-5,8,10H2,1-3H3,(H,19,20). The highest BCUT2D eigenvalue weighted by atomic mass is 32.2. The summed E-state index contributed by atoms with van der Waals surface area (Å²) in [4.78, 5) is 16.8. The molecule has 1 unspecified atom stereocenters. The van der Waals surface area contributed by atoms with Gasteiger partial charge in [-0.25, -0.2) is 27.7 Å². The van der Waals surface area contributed by atoms with Crippen molar-refractivity contribution in [1.29, 1.82) is 0 Å². The molecule has 0 aliphatic carbocycles. The Hall–Kier alpha value is -2.06. The van der Waals surface area contributed by atoms with Crippen LogP contribution in [-0.4, -0.2) is 51.0 Å². The predicted octanol–water partition coefficient (Wildman–Crippen LogP) is 2.73. The van der Waals surface area contributed by atoms with Crippen molar-refractivity contribution in [3.8, 4) is 0 Å². The Labute approximate surface area is 152 Å². The van der Waals surface area contributed by atoms with Crippen molar-refractivity contribution >= 4 is 32.0 Å². The van der Waals surface area contributed by atoms with Gasteiger partial charge in [-0.05, 0) is 39.7 Å². The predicted molar refractivity (Wildman–Crippen MR) is 102 cm³/mol. The number of sulfonamides is 1. The molecule has 3 aromatic rings. The lowest BCUT2D eigenvalue weighted by atomic mass is 9.92. The molecule has 3 aromatic heterocycles. The van der Waals surface area contributed by atoms with E-state index in [0.717, 1.165) is 40.5 Å². The van der Waals surface area contributed by atoms with E-state index in [0.29, 0.717) is 18.9 Å². The second-order valence-corrected chi connectivity index (χ2v) is 9.69. The van der Waals surface area contributed by atoms with Crippen molar-refractivity contribution in [3.05, 3.63) is 30.0 Å². The van der Waals surface area contributed by atoms with Crippen LogP contribution in [0.1, 0.15) is 44.1 Å². The summed E-state index contributed by atoms with van der Waals surface area (Å²) in [6.07, 6.45) is 5.38. The number of hydrogen-bond acceptors (Lipinski definition) is 5. The van der Waals surface area contributed by atoms with Gasteiger partial charge in [-0.15, -0.1) is 0 Å². The van der Waals surface area contributed by atoms with E-state index in [4.69, 9.17) is 4.98 Å². The van der Waals surface area contributed by atoms with Crippen LogP contribution >= 0.6 is 0 Å². The van der Waals surface area contributed by atoms with Gasteiger partial charge in [0.15, 0.2) is 0 Å².